The second kappa shape index (κ2) is 11.5. The van der Waals surface area contributed by atoms with Crippen LogP contribution < -0.4 is 20.1 Å². The van der Waals surface area contributed by atoms with E-state index in [4.69, 9.17) is 14.2 Å². The van der Waals surface area contributed by atoms with E-state index in [0.717, 1.165) is 11.2 Å². The van der Waals surface area contributed by atoms with Crippen molar-refractivity contribution >= 4 is 34.5 Å². The maximum absolute atomic E-state index is 12.6. The molecular weight excluding hydrogens is 432 g/mol. The van der Waals surface area contributed by atoms with Crippen LogP contribution in [0.4, 0.5) is 5.82 Å². The fourth-order valence-corrected chi connectivity index (χ4v) is 3.39. The van der Waals surface area contributed by atoms with Gasteiger partial charge in [0.1, 0.15) is 17.3 Å². The highest BCUT2D eigenvalue weighted by Gasteiger charge is 2.14. The average molecular weight is 461 g/mol. The topological polar surface area (TPSA) is 112 Å². The van der Waals surface area contributed by atoms with Crippen molar-refractivity contribution in [2.45, 2.75) is 18.6 Å². The van der Waals surface area contributed by atoms with Gasteiger partial charge < -0.3 is 24.8 Å². The van der Waals surface area contributed by atoms with Crippen molar-refractivity contribution in [2.75, 3.05) is 52.1 Å². The predicted molar refractivity (Wildman–Crippen MR) is 124 cm³/mol. The molecule has 1 amide bonds. The summed E-state index contributed by atoms with van der Waals surface area (Å²) < 4.78 is 17.6. The molecule has 0 saturated carbocycles. The maximum Gasteiger partial charge on any atom is 0.251 e. The minimum Gasteiger partial charge on any atom is -0.497 e. The quantitative estimate of drug-likeness (QED) is 0.239. The second-order valence-electron chi connectivity index (χ2n) is 6.64. The number of methoxy groups -OCH3 is 2. The van der Waals surface area contributed by atoms with Gasteiger partial charge in [-0.3, -0.25) is 4.79 Å². The number of hydrogen-bond acceptors (Lipinski definition) is 9. The van der Waals surface area contributed by atoms with Crippen LogP contribution in [0.2, 0.25) is 0 Å². The largest absolute Gasteiger partial charge is 0.497 e. The molecule has 0 radical (unpaired) electrons. The first kappa shape index (κ1) is 23.6. The smallest absolute Gasteiger partial charge is 0.251 e. The summed E-state index contributed by atoms with van der Waals surface area (Å²) in [6.07, 6.45) is 3.66. The number of fused-ring (bicyclic) bond motifs is 1. The number of ether oxygens (including phenoxy) is 3. The number of rotatable bonds is 12. The molecule has 2 aromatic heterocycles. The maximum atomic E-state index is 12.6. The first-order valence-corrected chi connectivity index (χ1v) is 11.4. The highest BCUT2D eigenvalue weighted by molar-refractivity contribution is 7.98. The third-order valence-corrected chi connectivity index (χ3v) is 5.17. The minimum atomic E-state index is -0.226. The Morgan fingerprint density at radius 3 is 2.53 bits per heavy atom. The van der Waals surface area contributed by atoms with E-state index in [2.05, 4.69) is 25.7 Å². The van der Waals surface area contributed by atoms with Crippen LogP contribution in [0.15, 0.2) is 29.6 Å². The Morgan fingerprint density at radius 1 is 1.12 bits per heavy atom. The van der Waals surface area contributed by atoms with Gasteiger partial charge >= 0.3 is 0 Å². The van der Waals surface area contributed by atoms with Crippen LogP contribution >= 0.6 is 11.8 Å². The molecule has 1 aromatic carbocycles. The molecule has 0 atom stereocenters. The lowest BCUT2D eigenvalue weighted by atomic mass is 10.2. The summed E-state index contributed by atoms with van der Waals surface area (Å²) in [5.74, 6) is 1.60. The molecule has 0 aliphatic carbocycles. The number of nitrogens with one attached hydrogen (secondary N) is 2. The van der Waals surface area contributed by atoms with E-state index in [1.54, 1.807) is 43.3 Å². The van der Waals surface area contributed by atoms with Gasteiger partial charge in [0.2, 0.25) is 0 Å². The fourth-order valence-electron chi connectivity index (χ4n) is 3.03. The van der Waals surface area contributed by atoms with E-state index in [0.29, 0.717) is 60.7 Å². The Bertz CT molecular complexity index is 1040. The summed E-state index contributed by atoms with van der Waals surface area (Å²) in [7, 11) is 3.09. The third-order valence-electron chi connectivity index (χ3n) is 4.62. The van der Waals surface area contributed by atoms with Gasteiger partial charge in [0, 0.05) is 31.3 Å². The molecule has 172 valence electrons. The highest BCUT2D eigenvalue weighted by Crippen LogP contribution is 2.24. The van der Waals surface area contributed by atoms with Crippen molar-refractivity contribution in [2.24, 2.45) is 0 Å². The zero-order valence-electron chi connectivity index (χ0n) is 18.7. The van der Waals surface area contributed by atoms with Crippen molar-refractivity contribution in [3.05, 3.63) is 30.0 Å². The standard InChI is InChI=1S/C21H28N6O4S/c1-5-31-9-7-22-18-17-13-24-27(19(17)26-21(25-18)32-4)8-6-23-20(28)14-10-15(29-2)12-16(11-14)30-3/h10-13H,5-9H2,1-4H3,(H,23,28)(H,22,25,26). The number of aromatic nitrogens is 4. The molecule has 0 unspecified atom stereocenters. The first-order chi connectivity index (χ1) is 15.6. The number of carbonyl (C=O) groups is 1. The van der Waals surface area contributed by atoms with Crippen LogP contribution in [-0.4, -0.2) is 72.4 Å². The lowest BCUT2D eigenvalue weighted by Gasteiger charge is -2.10. The number of anilines is 1. The molecule has 0 fully saturated rings. The van der Waals surface area contributed by atoms with E-state index in [1.807, 2.05) is 13.2 Å². The molecule has 32 heavy (non-hydrogen) atoms. The van der Waals surface area contributed by atoms with Gasteiger partial charge in [-0.25, -0.2) is 14.6 Å². The van der Waals surface area contributed by atoms with Crippen molar-refractivity contribution in [3.63, 3.8) is 0 Å². The summed E-state index contributed by atoms with van der Waals surface area (Å²) in [6, 6.07) is 5.05. The van der Waals surface area contributed by atoms with Gasteiger partial charge in [0.05, 0.1) is 39.0 Å². The molecule has 11 heteroatoms. The second-order valence-corrected chi connectivity index (χ2v) is 7.42. The van der Waals surface area contributed by atoms with E-state index >= 15 is 0 Å². The van der Waals surface area contributed by atoms with Gasteiger partial charge in [-0.15, -0.1) is 0 Å². The van der Waals surface area contributed by atoms with Gasteiger partial charge in [0.25, 0.3) is 5.91 Å². The fraction of sp³-hybridized carbons (Fsp3) is 0.429. The minimum absolute atomic E-state index is 0.226. The summed E-state index contributed by atoms with van der Waals surface area (Å²) in [5.41, 5.74) is 1.17. The molecule has 0 bridgehead atoms. The Kier molecular flexibility index (Phi) is 8.51. The zero-order chi connectivity index (χ0) is 22.9. The molecule has 2 N–H and O–H groups in total. The lowest BCUT2D eigenvalue weighted by molar-refractivity contribution is 0.0951. The molecule has 10 nitrogen and oxygen atoms in total. The zero-order valence-corrected chi connectivity index (χ0v) is 19.5. The molecular formula is C21H28N6O4S. The summed E-state index contributed by atoms with van der Waals surface area (Å²) in [5, 5.41) is 12.1. The van der Waals surface area contributed by atoms with E-state index in [-0.39, 0.29) is 5.91 Å². The molecule has 0 spiro atoms. The number of hydrogen-bond donors (Lipinski definition) is 2. The summed E-state index contributed by atoms with van der Waals surface area (Å²) in [4.78, 5) is 21.7. The summed E-state index contributed by atoms with van der Waals surface area (Å²) in [6.45, 7) is 4.69. The number of thioether (sulfide) groups is 1. The van der Waals surface area contributed by atoms with Crippen LogP contribution in [0, 0.1) is 0 Å². The Labute approximate surface area is 191 Å². The molecule has 0 aliphatic heterocycles. The number of carbonyl (C=O) groups excluding carboxylic acids is 1. The van der Waals surface area contributed by atoms with Crippen molar-refractivity contribution in [1.29, 1.82) is 0 Å². The van der Waals surface area contributed by atoms with Crippen molar-refractivity contribution in [3.8, 4) is 11.5 Å². The molecule has 2 heterocycles. The van der Waals surface area contributed by atoms with Crippen LogP contribution in [0.3, 0.4) is 0 Å². The van der Waals surface area contributed by atoms with E-state index in [9.17, 15) is 4.79 Å². The number of amides is 1. The SMILES string of the molecule is CCOCCNc1nc(SC)nc2c1cnn2CCNC(=O)c1cc(OC)cc(OC)c1. The number of nitrogens with zero attached hydrogens (tertiary/aromatic N) is 4. The van der Waals surface area contributed by atoms with Gasteiger partial charge in [-0.1, -0.05) is 11.8 Å². The Balaban J connectivity index is 1.69. The van der Waals surface area contributed by atoms with Gasteiger partial charge in [-0.05, 0) is 25.3 Å². The monoisotopic (exact) mass is 460 g/mol. The molecule has 0 aliphatic rings. The summed E-state index contributed by atoms with van der Waals surface area (Å²) >= 11 is 1.46. The normalized spacial score (nSPS) is 10.9. The Hall–Kier alpha value is -3.05. The van der Waals surface area contributed by atoms with Crippen LogP contribution in [-0.2, 0) is 11.3 Å². The van der Waals surface area contributed by atoms with Crippen molar-refractivity contribution in [1.82, 2.24) is 25.1 Å². The predicted octanol–water partition coefficient (Wildman–Crippen LogP) is 2.44. The third kappa shape index (κ3) is 5.80. The lowest BCUT2D eigenvalue weighted by Crippen LogP contribution is -2.27. The molecule has 3 rings (SSSR count). The van der Waals surface area contributed by atoms with Crippen LogP contribution in [0.1, 0.15) is 17.3 Å². The van der Waals surface area contributed by atoms with Crippen LogP contribution in [0.5, 0.6) is 11.5 Å². The van der Waals surface area contributed by atoms with E-state index in [1.165, 1.54) is 11.8 Å². The van der Waals surface area contributed by atoms with Crippen molar-refractivity contribution < 1.29 is 19.0 Å². The Morgan fingerprint density at radius 2 is 1.88 bits per heavy atom. The average Bonchev–Trinajstić information content (AvgIpc) is 3.24. The molecule has 3 aromatic rings. The molecule has 0 saturated heterocycles. The van der Waals surface area contributed by atoms with Crippen LogP contribution in [0.25, 0.3) is 11.0 Å². The first-order valence-electron chi connectivity index (χ1n) is 10.2. The highest BCUT2D eigenvalue weighted by atomic mass is 32.2. The van der Waals surface area contributed by atoms with E-state index < -0.39 is 0 Å². The van der Waals surface area contributed by atoms with Gasteiger partial charge in [0.15, 0.2) is 10.8 Å². The van der Waals surface area contributed by atoms with Gasteiger partial charge in [-0.2, -0.15) is 5.10 Å². The number of benzene rings is 1.